The second kappa shape index (κ2) is 8.64. The van der Waals surface area contributed by atoms with Gasteiger partial charge in [-0.15, -0.1) is 0 Å². The zero-order valence-electron chi connectivity index (χ0n) is 22.2. The van der Waals surface area contributed by atoms with Crippen molar-refractivity contribution in [3.63, 3.8) is 0 Å². The van der Waals surface area contributed by atoms with Crippen molar-refractivity contribution in [2.24, 2.45) is 5.92 Å². The summed E-state index contributed by atoms with van der Waals surface area (Å²) in [7, 11) is 1.63. The van der Waals surface area contributed by atoms with E-state index in [4.69, 9.17) is 4.74 Å². The standard InChI is InChI=1S/C31H31F3N2O4/c1-35(25(38)10-7-18-3-2-4-21(15-18)31(32,33)34)22-11-12-30(39)24-16-20-8-9-23(37)27-26(20)29(30,28(22)40-27)13-14-36(24)17-19-5-6-19/h2-4,8-9,15,19,22,24,28,37,39H,5-6,11-14,16-17H2,1H3/t22-,24+,28-,29-,30+/m0/s1. The molecular formula is C31H31F3N2O4. The quantitative estimate of drug-likeness (QED) is 0.566. The Hall–Kier alpha value is -3.22. The Balaban J connectivity index is 1.22. The maximum atomic E-state index is 13.3. The Morgan fingerprint density at radius 3 is 2.75 bits per heavy atom. The number of likely N-dealkylation sites (N-methyl/N-ethyl adjacent to an activating group) is 1. The molecular weight excluding hydrogens is 521 g/mol. The molecule has 2 heterocycles. The molecule has 2 bridgehead atoms. The van der Waals surface area contributed by atoms with Crippen LogP contribution in [0.3, 0.4) is 0 Å². The van der Waals surface area contributed by atoms with Gasteiger partial charge in [-0.2, -0.15) is 13.2 Å². The minimum absolute atomic E-state index is 0.0285. The number of carbonyl (C=O) groups is 1. The summed E-state index contributed by atoms with van der Waals surface area (Å²) in [4.78, 5) is 17.2. The van der Waals surface area contributed by atoms with Gasteiger partial charge in [-0.3, -0.25) is 9.69 Å². The molecule has 7 rings (SSSR count). The van der Waals surface area contributed by atoms with Crippen LogP contribution < -0.4 is 4.74 Å². The summed E-state index contributed by atoms with van der Waals surface area (Å²) < 4.78 is 45.8. The number of aliphatic hydroxyl groups is 1. The first-order chi connectivity index (χ1) is 19.0. The van der Waals surface area contributed by atoms with Crippen LogP contribution in [0.1, 0.15) is 54.4 Å². The maximum absolute atomic E-state index is 13.3. The first kappa shape index (κ1) is 25.7. The topological polar surface area (TPSA) is 73.2 Å². The molecule has 9 heteroatoms. The van der Waals surface area contributed by atoms with Crippen LogP contribution in [0, 0.1) is 17.8 Å². The van der Waals surface area contributed by atoms with Gasteiger partial charge in [0.25, 0.3) is 5.91 Å². The third-order valence-electron chi connectivity index (χ3n) is 10.1. The Morgan fingerprint density at radius 2 is 2.00 bits per heavy atom. The first-order valence-electron chi connectivity index (χ1n) is 14.0. The molecule has 2 saturated carbocycles. The van der Waals surface area contributed by atoms with Gasteiger partial charge in [0.2, 0.25) is 0 Å². The highest BCUT2D eigenvalue weighted by atomic mass is 19.4. The first-order valence-corrected chi connectivity index (χ1v) is 14.0. The molecule has 210 valence electrons. The zero-order valence-corrected chi connectivity index (χ0v) is 22.2. The smallest absolute Gasteiger partial charge is 0.416 e. The zero-order chi connectivity index (χ0) is 28.0. The van der Waals surface area contributed by atoms with E-state index in [9.17, 15) is 28.2 Å². The van der Waals surface area contributed by atoms with E-state index in [1.165, 1.54) is 29.9 Å². The van der Waals surface area contributed by atoms with Crippen LogP contribution >= 0.6 is 0 Å². The number of alkyl halides is 3. The number of aromatic hydroxyl groups is 1. The molecule has 5 atom stereocenters. The average Bonchev–Trinajstić information content (AvgIpc) is 3.66. The highest BCUT2D eigenvalue weighted by molar-refractivity contribution is 5.94. The second-order valence-electron chi connectivity index (χ2n) is 12.1. The van der Waals surface area contributed by atoms with Gasteiger partial charge in [0.15, 0.2) is 11.5 Å². The van der Waals surface area contributed by atoms with Gasteiger partial charge in [-0.1, -0.05) is 18.1 Å². The normalized spacial score (nSPS) is 32.0. The van der Waals surface area contributed by atoms with E-state index in [1.807, 2.05) is 6.07 Å². The number of nitrogens with zero attached hydrogens (tertiary/aromatic N) is 2. The Bertz CT molecular complexity index is 1460. The number of halogens is 3. The molecule has 0 unspecified atom stereocenters. The lowest BCUT2D eigenvalue weighted by atomic mass is 9.48. The van der Waals surface area contributed by atoms with Crippen LogP contribution in [0.2, 0.25) is 0 Å². The van der Waals surface area contributed by atoms with Crippen LogP contribution in [-0.4, -0.2) is 69.8 Å². The van der Waals surface area contributed by atoms with E-state index >= 15 is 0 Å². The molecule has 6 nitrogen and oxygen atoms in total. The molecule has 1 saturated heterocycles. The predicted octanol–water partition coefficient (Wildman–Crippen LogP) is 3.85. The highest BCUT2D eigenvalue weighted by Gasteiger charge is 2.73. The number of hydrogen-bond acceptors (Lipinski definition) is 5. The summed E-state index contributed by atoms with van der Waals surface area (Å²) >= 11 is 0. The van der Waals surface area contributed by atoms with Crippen LogP contribution in [0.25, 0.3) is 0 Å². The van der Waals surface area contributed by atoms with Crippen molar-refractivity contribution < 1.29 is 32.9 Å². The number of likely N-dealkylation sites (tertiary alicyclic amines) is 1. The van der Waals surface area contributed by atoms with Crippen molar-refractivity contribution in [3.8, 4) is 23.3 Å². The third kappa shape index (κ3) is 3.61. The number of piperidine rings is 1. The molecule has 5 aliphatic rings. The lowest BCUT2D eigenvalue weighted by Crippen LogP contribution is -2.78. The highest BCUT2D eigenvalue weighted by Crippen LogP contribution is 2.66. The van der Waals surface area contributed by atoms with Crippen LogP contribution in [0.4, 0.5) is 13.2 Å². The third-order valence-corrected chi connectivity index (χ3v) is 10.1. The fraction of sp³-hybridized carbons (Fsp3) is 0.516. The van der Waals surface area contributed by atoms with Gasteiger partial charge in [0.05, 0.1) is 22.6 Å². The number of amides is 1. The van der Waals surface area contributed by atoms with Gasteiger partial charge in [0, 0.05) is 36.7 Å². The predicted molar refractivity (Wildman–Crippen MR) is 140 cm³/mol. The van der Waals surface area contributed by atoms with Crippen molar-refractivity contribution in [1.29, 1.82) is 0 Å². The molecule has 2 N–H and O–H groups in total. The minimum Gasteiger partial charge on any atom is -0.504 e. The van der Waals surface area contributed by atoms with Crippen molar-refractivity contribution in [2.45, 2.75) is 73.9 Å². The molecule has 0 aromatic heterocycles. The van der Waals surface area contributed by atoms with E-state index in [1.54, 1.807) is 13.1 Å². The van der Waals surface area contributed by atoms with E-state index in [0.717, 1.165) is 36.3 Å². The van der Waals surface area contributed by atoms with Crippen LogP contribution in [0.5, 0.6) is 11.5 Å². The number of ether oxygens (including phenoxy) is 1. The molecule has 3 fully saturated rings. The molecule has 40 heavy (non-hydrogen) atoms. The number of phenolic OH excluding ortho intramolecular Hbond substituents is 1. The lowest BCUT2D eigenvalue weighted by molar-refractivity contribution is -0.199. The fourth-order valence-electron chi connectivity index (χ4n) is 7.99. The number of hydrogen-bond donors (Lipinski definition) is 2. The minimum atomic E-state index is -4.50. The SMILES string of the molecule is CN(C(=O)C#Cc1cccc(C(F)(F)F)c1)[C@H]1CC[C@@]2(O)[C@H]3Cc4ccc(O)c5c4[C@@]2(CCN3CC2CC2)[C@H]1O5. The largest absolute Gasteiger partial charge is 0.504 e. The summed E-state index contributed by atoms with van der Waals surface area (Å²) in [5, 5.41) is 23.4. The van der Waals surface area contributed by atoms with E-state index in [2.05, 4.69) is 16.7 Å². The molecule has 3 aliphatic carbocycles. The van der Waals surface area contributed by atoms with Gasteiger partial charge >= 0.3 is 6.18 Å². The van der Waals surface area contributed by atoms with Crippen molar-refractivity contribution in [1.82, 2.24) is 9.80 Å². The number of rotatable bonds is 3. The second-order valence-corrected chi connectivity index (χ2v) is 12.1. The average molecular weight is 553 g/mol. The van der Waals surface area contributed by atoms with Crippen molar-refractivity contribution in [3.05, 3.63) is 58.7 Å². The molecule has 0 radical (unpaired) electrons. The molecule has 2 aromatic carbocycles. The summed E-state index contributed by atoms with van der Waals surface area (Å²) in [6.45, 7) is 1.78. The number of phenols is 1. The van der Waals surface area contributed by atoms with E-state index in [0.29, 0.717) is 37.4 Å². The fourth-order valence-corrected chi connectivity index (χ4v) is 7.99. The number of carbonyl (C=O) groups excluding carboxylic acids is 1. The van der Waals surface area contributed by atoms with Gasteiger partial charge in [-0.25, -0.2) is 0 Å². The Labute approximate surface area is 230 Å². The lowest BCUT2D eigenvalue weighted by Gasteiger charge is -2.64. The summed E-state index contributed by atoms with van der Waals surface area (Å²) in [6.07, 6.45) is -0.343. The van der Waals surface area contributed by atoms with Crippen LogP contribution in [-0.2, 0) is 22.8 Å². The monoisotopic (exact) mass is 552 g/mol. The van der Waals surface area contributed by atoms with Gasteiger partial charge in [-0.05, 0) is 80.8 Å². The van der Waals surface area contributed by atoms with Gasteiger partial charge < -0.3 is 19.8 Å². The Kier molecular flexibility index (Phi) is 5.56. The van der Waals surface area contributed by atoms with Crippen molar-refractivity contribution >= 4 is 5.91 Å². The summed E-state index contributed by atoms with van der Waals surface area (Å²) in [5.41, 5.74) is -0.608. The molecule has 1 amide bonds. The molecule has 1 spiro atoms. The molecule has 2 aliphatic heterocycles. The van der Waals surface area contributed by atoms with Crippen LogP contribution in [0.15, 0.2) is 36.4 Å². The van der Waals surface area contributed by atoms with Crippen molar-refractivity contribution in [2.75, 3.05) is 20.1 Å². The van der Waals surface area contributed by atoms with Gasteiger partial charge in [0.1, 0.15) is 6.10 Å². The Morgan fingerprint density at radius 1 is 1.20 bits per heavy atom. The summed E-state index contributed by atoms with van der Waals surface area (Å²) in [6, 6.07) is 7.69. The summed E-state index contributed by atoms with van der Waals surface area (Å²) in [5.74, 6) is 5.68. The van der Waals surface area contributed by atoms with E-state index < -0.39 is 40.8 Å². The maximum Gasteiger partial charge on any atom is 0.416 e. The number of benzene rings is 2. The van der Waals surface area contributed by atoms with E-state index in [-0.39, 0.29) is 17.4 Å². The molecule has 2 aromatic rings.